The van der Waals surface area contributed by atoms with Crippen molar-refractivity contribution in [3.05, 3.63) is 76.5 Å². The first-order valence-corrected chi connectivity index (χ1v) is 12.3. The first-order chi connectivity index (χ1) is 17.1. The summed E-state index contributed by atoms with van der Waals surface area (Å²) in [6, 6.07) is 16.4. The molecule has 36 heavy (non-hydrogen) atoms. The first-order valence-electron chi connectivity index (χ1n) is 11.4. The lowest BCUT2D eigenvalue weighted by molar-refractivity contribution is -0.127. The van der Waals surface area contributed by atoms with Crippen molar-refractivity contribution >= 4 is 34.7 Å². The predicted molar refractivity (Wildman–Crippen MR) is 141 cm³/mol. The molecule has 0 saturated carbocycles. The Balaban J connectivity index is 2.09. The van der Waals surface area contributed by atoms with Crippen molar-refractivity contribution in [2.75, 3.05) is 25.7 Å². The van der Waals surface area contributed by atoms with Crippen LogP contribution < -0.4 is 25.0 Å². The summed E-state index contributed by atoms with van der Waals surface area (Å²) in [5, 5.41) is 7.44. The molecule has 3 rings (SSSR count). The van der Waals surface area contributed by atoms with Crippen molar-refractivity contribution < 1.29 is 23.9 Å². The fourth-order valence-corrected chi connectivity index (χ4v) is 4.27. The van der Waals surface area contributed by atoms with Crippen LogP contribution in [0.4, 0.5) is 5.69 Å². The van der Waals surface area contributed by atoms with Crippen LogP contribution in [0.5, 0.6) is 11.5 Å². The molecule has 0 saturated heterocycles. The van der Waals surface area contributed by atoms with Crippen molar-refractivity contribution in [1.82, 2.24) is 10.6 Å². The summed E-state index contributed by atoms with van der Waals surface area (Å²) >= 11 is 1.28. The van der Waals surface area contributed by atoms with Gasteiger partial charge in [0.05, 0.1) is 31.3 Å². The zero-order valence-corrected chi connectivity index (χ0v) is 21.8. The van der Waals surface area contributed by atoms with Crippen LogP contribution in [0.15, 0.2) is 66.0 Å². The molecule has 0 aliphatic rings. The number of methoxy groups -OCH3 is 2. The number of anilines is 1. The molecule has 3 aromatic rings. The third-order valence-corrected chi connectivity index (χ3v) is 6.05. The van der Waals surface area contributed by atoms with E-state index >= 15 is 0 Å². The van der Waals surface area contributed by atoms with Gasteiger partial charge >= 0.3 is 0 Å². The molecule has 8 nitrogen and oxygen atoms in total. The summed E-state index contributed by atoms with van der Waals surface area (Å²) in [5.74, 6) is -0.345. The molecule has 1 heterocycles. The number of nitrogens with zero attached hydrogens (tertiary/aromatic N) is 1. The van der Waals surface area contributed by atoms with Crippen LogP contribution in [0.1, 0.15) is 42.0 Å². The van der Waals surface area contributed by atoms with Gasteiger partial charge in [-0.15, -0.1) is 11.3 Å². The van der Waals surface area contributed by atoms with Gasteiger partial charge in [-0.25, -0.2) is 0 Å². The molecular weight excluding hydrogens is 478 g/mol. The van der Waals surface area contributed by atoms with Gasteiger partial charge in [-0.2, -0.15) is 0 Å². The van der Waals surface area contributed by atoms with E-state index in [0.29, 0.717) is 27.6 Å². The highest BCUT2D eigenvalue weighted by Crippen LogP contribution is 2.37. The SMILES string of the molecule is COc1ccc(N(C(=O)CNC(=O)c2cccs2)[C@@H](C(=O)NC(C)(C)C)c2ccccc2)c(OC)c1. The Morgan fingerprint density at radius 1 is 0.972 bits per heavy atom. The molecule has 0 unspecified atom stereocenters. The highest BCUT2D eigenvalue weighted by molar-refractivity contribution is 7.12. The van der Waals surface area contributed by atoms with Crippen molar-refractivity contribution in [2.24, 2.45) is 0 Å². The summed E-state index contributed by atoms with van der Waals surface area (Å²) in [6.45, 7) is 5.29. The van der Waals surface area contributed by atoms with E-state index in [-0.39, 0.29) is 18.4 Å². The molecule has 1 aromatic heterocycles. The number of hydrogen-bond acceptors (Lipinski definition) is 6. The van der Waals surface area contributed by atoms with Crippen LogP contribution in [0.2, 0.25) is 0 Å². The van der Waals surface area contributed by atoms with Gasteiger partial charge in [0.2, 0.25) is 11.8 Å². The second-order valence-corrected chi connectivity index (χ2v) is 9.96. The zero-order chi connectivity index (χ0) is 26.3. The number of benzene rings is 2. The minimum atomic E-state index is -1.03. The van der Waals surface area contributed by atoms with E-state index in [4.69, 9.17) is 9.47 Å². The van der Waals surface area contributed by atoms with Crippen molar-refractivity contribution in [3.8, 4) is 11.5 Å². The summed E-state index contributed by atoms with van der Waals surface area (Å²) in [5.41, 5.74) is 0.428. The first kappa shape index (κ1) is 26.7. The van der Waals surface area contributed by atoms with E-state index in [1.807, 2.05) is 26.8 Å². The number of rotatable bonds is 9. The van der Waals surface area contributed by atoms with E-state index in [1.165, 1.54) is 30.5 Å². The Morgan fingerprint density at radius 3 is 2.28 bits per heavy atom. The molecule has 1 atom stereocenters. The molecule has 0 spiro atoms. The maximum absolute atomic E-state index is 13.8. The number of nitrogens with one attached hydrogen (secondary N) is 2. The summed E-state index contributed by atoms with van der Waals surface area (Å²) in [7, 11) is 3.01. The molecule has 0 radical (unpaired) electrons. The van der Waals surface area contributed by atoms with Gasteiger partial charge in [0, 0.05) is 11.6 Å². The van der Waals surface area contributed by atoms with Crippen LogP contribution in [0.25, 0.3) is 0 Å². The number of carbonyl (C=O) groups is 3. The fourth-order valence-electron chi connectivity index (χ4n) is 3.63. The quantitative estimate of drug-likeness (QED) is 0.451. The topological polar surface area (TPSA) is 97.0 Å². The molecule has 2 aromatic carbocycles. The Labute approximate surface area is 215 Å². The van der Waals surface area contributed by atoms with Crippen molar-refractivity contribution in [1.29, 1.82) is 0 Å². The Hall–Kier alpha value is -3.85. The van der Waals surface area contributed by atoms with Gasteiger partial charge in [-0.1, -0.05) is 36.4 Å². The minimum Gasteiger partial charge on any atom is -0.497 e. The van der Waals surface area contributed by atoms with Crippen molar-refractivity contribution in [2.45, 2.75) is 32.4 Å². The molecule has 0 fully saturated rings. The third-order valence-electron chi connectivity index (χ3n) is 5.18. The highest BCUT2D eigenvalue weighted by atomic mass is 32.1. The molecule has 2 N–H and O–H groups in total. The summed E-state index contributed by atoms with van der Waals surface area (Å²) < 4.78 is 10.9. The van der Waals surface area contributed by atoms with Gasteiger partial charge < -0.3 is 20.1 Å². The van der Waals surface area contributed by atoms with Crippen molar-refractivity contribution in [3.63, 3.8) is 0 Å². The second-order valence-electron chi connectivity index (χ2n) is 9.01. The second kappa shape index (κ2) is 11.7. The molecule has 3 amide bonds. The number of hydrogen-bond donors (Lipinski definition) is 2. The zero-order valence-electron chi connectivity index (χ0n) is 21.0. The number of amides is 3. The lowest BCUT2D eigenvalue weighted by atomic mass is 10.0. The van der Waals surface area contributed by atoms with Gasteiger partial charge in [0.25, 0.3) is 5.91 Å². The summed E-state index contributed by atoms with van der Waals surface area (Å²) in [4.78, 5) is 41.8. The molecule has 190 valence electrons. The van der Waals surface area contributed by atoms with Crippen LogP contribution in [-0.2, 0) is 9.59 Å². The Kier molecular flexibility index (Phi) is 8.71. The largest absolute Gasteiger partial charge is 0.497 e. The normalized spacial score (nSPS) is 11.8. The smallest absolute Gasteiger partial charge is 0.261 e. The van der Waals surface area contributed by atoms with E-state index in [1.54, 1.807) is 60.0 Å². The van der Waals surface area contributed by atoms with Crippen LogP contribution in [0, 0.1) is 0 Å². The van der Waals surface area contributed by atoms with Gasteiger partial charge in [-0.05, 0) is 49.9 Å². The van der Waals surface area contributed by atoms with E-state index in [9.17, 15) is 14.4 Å². The number of thiophene rings is 1. The molecule has 0 bridgehead atoms. The maximum atomic E-state index is 13.8. The van der Waals surface area contributed by atoms with Crippen LogP contribution in [0.3, 0.4) is 0 Å². The average molecular weight is 510 g/mol. The summed E-state index contributed by atoms with van der Waals surface area (Å²) in [6.07, 6.45) is 0. The maximum Gasteiger partial charge on any atom is 0.261 e. The third kappa shape index (κ3) is 6.63. The van der Waals surface area contributed by atoms with E-state index < -0.39 is 17.5 Å². The monoisotopic (exact) mass is 509 g/mol. The molecule has 0 aliphatic carbocycles. The lowest BCUT2D eigenvalue weighted by Gasteiger charge is -2.34. The Bertz CT molecular complexity index is 1190. The molecule has 9 heteroatoms. The van der Waals surface area contributed by atoms with Gasteiger partial charge in [-0.3, -0.25) is 19.3 Å². The van der Waals surface area contributed by atoms with Crippen LogP contribution in [-0.4, -0.2) is 44.0 Å². The minimum absolute atomic E-state index is 0.321. The van der Waals surface area contributed by atoms with E-state index in [2.05, 4.69) is 10.6 Å². The Morgan fingerprint density at radius 2 is 1.69 bits per heavy atom. The van der Waals surface area contributed by atoms with E-state index in [0.717, 1.165) is 0 Å². The molecule has 0 aliphatic heterocycles. The number of ether oxygens (including phenoxy) is 2. The standard InChI is InChI=1S/C27H31N3O5S/c1-27(2,3)29-26(33)24(18-10-7-6-8-11-18)30(20-14-13-19(34-4)16-21(20)35-5)23(31)17-28-25(32)22-12-9-15-36-22/h6-16,24H,17H2,1-5H3,(H,28,32)(H,29,33)/t24-/m1/s1. The fraction of sp³-hybridized carbons (Fsp3) is 0.296. The van der Waals surface area contributed by atoms with Gasteiger partial charge in [0.15, 0.2) is 0 Å². The molecular formula is C27H31N3O5S. The van der Waals surface area contributed by atoms with Gasteiger partial charge in [0.1, 0.15) is 17.5 Å². The highest BCUT2D eigenvalue weighted by Gasteiger charge is 2.36. The average Bonchev–Trinajstić information content (AvgIpc) is 3.40. The van der Waals surface area contributed by atoms with Crippen LogP contribution >= 0.6 is 11.3 Å². The lowest BCUT2D eigenvalue weighted by Crippen LogP contribution is -2.51. The number of carbonyl (C=O) groups excluding carboxylic acids is 3. The predicted octanol–water partition coefficient (Wildman–Crippen LogP) is 4.18.